The molecule has 2 aliphatic rings. The summed E-state index contributed by atoms with van der Waals surface area (Å²) >= 11 is 0. The van der Waals surface area contributed by atoms with E-state index in [2.05, 4.69) is 25.5 Å². The molecule has 0 unspecified atom stereocenters. The van der Waals surface area contributed by atoms with Crippen molar-refractivity contribution in [3.63, 3.8) is 0 Å². The number of anilines is 3. The summed E-state index contributed by atoms with van der Waals surface area (Å²) in [5.74, 6) is 2.63. The summed E-state index contributed by atoms with van der Waals surface area (Å²) in [4.78, 5) is 11.4. The Bertz CT molecular complexity index is 789. The van der Waals surface area contributed by atoms with Crippen LogP contribution in [0.25, 0.3) is 0 Å². The van der Waals surface area contributed by atoms with Gasteiger partial charge in [-0.25, -0.2) is 4.98 Å². The Morgan fingerprint density at radius 2 is 1.69 bits per heavy atom. The first-order chi connectivity index (χ1) is 14.1. The fraction of sp³-hybridized carbons (Fsp3) is 0.545. The average Bonchev–Trinajstić information content (AvgIpc) is 3.20. The van der Waals surface area contributed by atoms with Crippen LogP contribution in [0.2, 0.25) is 0 Å². The predicted molar refractivity (Wildman–Crippen MR) is 118 cm³/mol. The van der Waals surface area contributed by atoms with Gasteiger partial charge in [0.1, 0.15) is 5.82 Å². The third-order valence-corrected chi connectivity index (χ3v) is 5.48. The highest BCUT2D eigenvalue weighted by Gasteiger charge is 2.26. The van der Waals surface area contributed by atoms with Crippen molar-refractivity contribution in [1.29, 1.82) is 0 Å². The second-order valence-corrected chi connectivity index (χ2v) is 7.49. The van der Waals surface area contributed by atoms with Crippen molar-refractivity contribution in [3.05, 3.63) is 30.0 Å². The van der Waals surface area contributed by atoms with Crippen LogP contribution in [0.3, 0.4) is 0 Å². The summed E-state index contributed by atoms with van der Waals surface area (Å²) in [6, 6.07) is 8.43. The molecule has 2 aromatic rings. The molecule has 2 heterocycles. The molecule has 2 N–H and O–H groups in total. The van der Waals surface area contributed by atoms with Crippen LogP contribution < -0.4 is 20.1 Å². The van der Waals surface area contributed by atoms with E-state index in [-0.39, 0.29) is 0 Å². The van der Waals surface area contributed by atoms with Gasteiger partial charge in [0.15, 0.2) is 11.5 Å². The van der Waals surface area contributed by atoms with Crippen LogP contribution in [-0.4, -0.2) is 55.3 Å². The minimum Gasteiger partial charge on any atom is -0.493 e. The molecule has 1 saturated carbocycles. The zero-order valence-corrected chi connectivity index (χ0v) is 18.0. The minimum atomic E-state index is 0.529. The lowest BCUT2D eigenvalue weighted by Gasteiger charge is -2.34. The zero-order chi connectivity index (χ0) is 20.6. The summed E-state index contributed by atoms with van der Waals surface area (Å²) in [5.41, 5.74) is 1.71. The third-order valence-electron chi connectivity index (χ3n) is 5.48. The average molecular weight is 400 g/mol. The number of rotatable bonds is 6. The fourth-order valence-corrected chi connectivity index (χ4v) is 3.65. The van der Waals surface area contributed by atoms with Gasteiger partial charge in [-0.2, -0.15) is 4.98 Å². The summed E-state index contributed by atoms with van der Waals surface area (Å²) in [6.07, 6.45) is 7.37. The normalized spacial score (nSPS) is 16.4. The lowest BCUT2D eigenvalue weighted by Crippen LogP contribution is -2.37. The van der Waals surface area contributed by atoms with E-state index in [9.17, 15) is 0 Å². The summed E-state index contributed by atoms with van der Waals surface area (Å²) in [6.45, 7) is 4.71. The number of likely N-dealkylation sites (tertiary alicyclic amines) is 1. The van der Waals surface area contributed by atoms with Gasteiger partial charge in [0, 0.05) is 36.6 Å². The molecule has 2 fully saturated rings. The Labute approximate surface area is 173 Å². The standard InChI is InChI=1S/C14H18N4O2.C8H15N/c1-9-7-13(15-2)18-14(16-9)17-10-5-6-11(19-3)12(8-10)20-4;1-2-7-9(6-1)8-4-3-5-8/h5-8H,1-4H3,(H2,15,16,17,18);8H,1-7H2. The summed E-state index contributed by atoms with van der Waals surface area (Å²) < 4.78 is 10.5. The lowest BCUT2D eigenvalue weighted by atomic mass is 9.92. The monoisotopic (exact) mass is 399 g/mol. The van der Waals surface area contributed by atoms with Gasteiger partial charge in [0.05, 0.1) is 14.2 Å². The van der Waals surface area contributed by atoms with Gasteiger partial charge in [0.25, 0.3) is 0 Å². The maximum atomic E-state index is 5.27. The Morgan fingerprint density at radius 1 is 0.966 bits per heavy atom. The number of hydrogen-bond acceptors (Lipinski definition) is 7. The largest absolute Gasteiger partial charge is 0.493 e. The van der Waals surface area contributed by atoms with Crippen LogP contribution in [0, 0.1) is 6.92 Å². The predicted octanol–water partition coefficient (Wildman–Crippen LogP) is 4.22. The molecule has 1 aromatic carbocycles. The first-order valence-electron chi connectivity index (χ1n) is 10.4. The van der Waals surface area contributed by atoms with Crippen LogP contribution in [0.5, 0.6) is 11.5 Å². The zero-order valence-electron chi connectivity index (χ0n) is 18.0. The molecule has 1 aliphatic carbocycles. The Kier molecular flexibility index (Phi) is 7.52. The highest BCUT2D eigenvalue weighted by Crippen LogP contribution is 2.30. The van der Waals surface area contributed by atoms with Crippen LogP contribution in [0.15, 0.2) is 24.3 Å². The van der Waals surface area contributed by atoms with Crippen LogP contribution in [0.4, 0.5) is 17.5 Å². The van der Waals surface area contributed by atoms with E-state index >= 15 is 0 Å². The number of nitrogens with zero attached hydrogens (tertiary/aromatic N) is 3. The molecule has 0 amide bonds. The number of nitrogens with one attached hydrogen (secondary N) is 2. The maximum Gasteiger partial charge on any atom is 0.229 e. The van der Waals surface area contributed by atoms with Gasteiger partial charge in [-0.1, -0.05) is 6.42 Å². The first kappa shape index (κ1) is 21.2. The second kappa shape index (κ2) is 10.3. The van der Waals surface area contributed by atoms with Gasteiger partial charge in [-0.15, -0.1) is 0 Å². The van der Waals surface area contributed by atoms with Gasteiger partial charge >= 0.3 is 0 Å². The van der Waals surface area contributed by atoms with Crippen molar-refractivity contribution < 1.29 is 9.47 Å². The van der Waals surface area contributed by atoms with E-state index in [1.54, 1.807) is 14.2 Å². The van der Waals surface area contributed by atoms with Gasteiger partial charge < -0.3 is 25.0 Å². The van der Waals surface area contributed by atoms with E-state index in [4.69, 9.17) is 9.47 Å². The molecule has 7 nitrogen and oxygen atoms in total. The molecule has 7 heteroatoms. The smallest absolute Gasteiger partial charge is 0.229 e. The molecule has 29 heavy (non-hydrogen) atoms. The highest BCUT2D eigenvalue weighted by atomic mass is 16.5. The van der Waals surface area contributed by atoms with Crippen LogP contribution in [0.1, 0.15) is 37.8 Å². The van der Waals surface area contributed by atoms with Crippen molar-refractivity contribution in [3.8, 4) is 11.5 Å². The summed E-state index contributed by atoms with van der Waals surface area (Å²) in [7, 11) is 5.03. The third kappa shape index (κ3) is 5.73. The van der Waals surface area contributed by atoms with Crippen LogP contribution >= 0.6 is 0 Å². The van der Waals surface area contributed by atoms with E-state index in [1.165, 1.54) is 45.2 Å². The van der Waals surface area contributed by atoms with Crippen molar-refractivity contribution in [1.82, 2.24) is 14.9 Å². The lowest BCUT2D eigenvalue weighted by molar-refractivity contribution is 0.159. The molecule has 1 aromatic heterocycles. The van der Waals surface area contributed by atoms with Crippen molar-refractivity contribution in [2.45, 2.75) is 45.1 Å². The molecule has 4 rings (SSSR count). The number of aromatic nitrogens is 2. The van der Waals surface area contributed by atoms with Crippen LogP contribution in [-0.2, 0) is 0 Å². The number of aryl methyl sites for hydroxylation is 1. The Hall–Kier alpha value is -2.54. The molecular formula is C22H33N5O2. The molecule has 0 atom stereocenters. The number of ether oxygens (including phenoxy) is 2. The van der Waals surface area contributed by atoms with E-state index < -0.39 is 0 Å². The molecule has 0 spiro atoms. The van der Waals surface area contributed by atoms with E-state index in [0.717, 1.165) is 23.2 Å². The molecule has 1 saturated heterocycles. The highest BCUT2D eigenvalue weighted by molar-refractivity contribution is 5.60. The fourth-order valence-electron chi connectivity index (χ4n) is 3.65. The first-order valence-corrected chi connectivity index (χ1v) is 10.4. The van der Waals surface area contributed by atoms with Gasteiger partial charge in [-0.05, 0) is 57.8 Å². The van der Waals surface area contributed by atoms with Crippen molar-refractivity contribution in [2.75, 3.05) is 45.0 Å². The van der Waals surface area contributed by atoms with Gasteiger partial charge in [0.2, 0.25) is 5.95 Å². The molecule has 0 bridgehead atoms. The number of benzene rings is 1. The van der Waals surface area contributed by atoms with Gasteiger partial charge in [-0.3, -0.25) is 0 Å². The van der Waals surface area contributed by atoms with E-state index in [1.807, 2.05) is 38.2 Å². The molecular weight excluding hydrogens is 366 g/mol. The Morgan fingerprint density at radius 3 is 2.28 bits per heavy atom. The maximum absolute atomic E-state index is 5.27. The Balaban J connectivity index is 0.000000220. The molecule has 0 radical (unpaired) electrons. The minimum absolute atomic E-state index is 0.529. The van der Waals surface area contributed by atoms with Crippen molar-refractivity contribution >= 4 is 17.5 Å². The molecule has 158 valence electrons. The van der Waals surface area contributed by atoms with Crippen molar-refractivity contribution in [2.24, 2.45) is 0 Å². The molecule has 1 aliphatic heterocycles. The summed E-state index contributed by atoms with van der Waals surface area (Å²) in [5, 5.41) is 6.15. The number of methoxy groups -OCH3 is 2. The van der Waals surface area contributed by atoms with E-state index in [0.29, 0.717) is 17.4 Å². The topological polar surface area (TPSA) is 71.5 Å². The number of hydrogen-bond donors (Lipinski definition) is 2. The quantitative estimate of drug-likeness (QED) is 0.753. The second-order valence-electron chi connectivity index (χ2n) is 7.49. The SMILES string of the molecule is C1CC(N2CCCC2)C1.CNc1cc(C)nc(Nc2ccc(OC)c(OC)c2)n1.